The lowest BCUT2D eigenvalue weighted by Gasteiger charge is -2.24. The number of benzene rings is 1. The van der Waals surface area contributed by atoms with Crippen LogP contribution in [0.1, 0.15) is 32.3 Å². The predicted molar refractivity (Wildman–Crippen MR) is 127 cm³/mol. The van der Waals surface area contributed by atoms with E-state index in [1.807, 2.05) is 0 Å². The fourth-order valence-corrected chi connectivity index (χ4v) is 5.10. The van der Waals surface area contributed by atoms with E-state index in [9.17, 15) is 18.0 Å². The van der Waals surface area contributed by atoms with Gasteiger partial charge in [0, 0.05) is 17.8 Å². The van der Waals surface area contributed by atoms with Crippen molar-refractivity contribution >= 4 is 60.4 Å². The van der Waals surface area contributed by atoms with Gasteiger partial charge in [-0.05, 0) is 51.0 Å². The van der Waals surface area contributed by atoms with Gasteiger partial charge in [-0.25, -0.2) is 13.2 Å². The number of rotatable bonds is 5. The van der Waals surface area contributed by atoms with Gasteiger partial charge in [-0.1, -0.05) is 23.7 Å². The van der Waals surface area contributed by atoms with Gasteiger partial charge < -0.3 is 16.0 Å². The largest absolute Gasteiger partial charge is 0.324 e. The summed E-state index contributed by atoms with van der Waals surface area (Å²) in [4.78, 5) is 25.3. The van der Waals surface area contributed by atoms with Crippen LogP contribution >= 0.6 is 22.9 Å². The number of amides is 3. The third-order valence-electron chi connectivity index (χ3n) is 5.00. The molecule has 1 aliphatic rings. The van der Waals surface area contributed by atoms with Crippen LogP contribution in [0.5, 0.6) is 0 Å². The summed E-state index contributed by atoms with van der Waals surface area (Å²) in [6.07, 6.45) is 1.22. The van der Waals surface area contributed by atoms with Crippen LogP contribution in [0.15, 0.2) is 36.4 Å². The van der Waals surface area contributed by atoms with Gasteiger partial charge in [0.15, 0.2) is 5.04 Å². The molecule has 0 bridgehead atoms. The summed E-state index contributed by atoms with van der Waals surface area (Å²) in [6.45, 7) is 3.09. The second kappa shape index (κ2) is 9.18. The molecule has 0 aliphatic carbocycles. The highest BCUT2D eigenvalue weighted by Gasteiger charge is 2.36. The lowest BCUT2D eigenvalue weighted by Crippen LogP contribution is -2.45. The molecule has 0 spiro atoms. The van der Waals surface area contributed by atoms with Gasteiger partial charge >= 0.3 is 6.03 Å². The topological polar surface area (TPSA) is 145 Å². The van der Waals surface area contributed by atoms with Gasteiger partial charge in [-0.3, -0.25) is 15.5 Å². The molecule has 2 aromatic rings. The molecule has 2 heterocycles. The van der Waals surface area contributed by atoms with Gasteiger partial charge in [-0.2, -0.15) is 0 Å². The molecule has 3 rings (SSSR count). The molecule has 1 fully saturated rings. The summed E-state index contributed by atoms with van der Waals surface area (Å²) in [5.74, 6) is -0.347. The van der Waals surface area contributed by atoms with E-state index in [0.717, 1.165) is 0 Å². The van der Waals surface area contributed by atoms with Crippen molar-refractivity contribution in [3.8, 4) is 0 Å². The molecule has 3 amide bonds. The minimum absolute atomic E-state index is 0.165. The number of sulfone groups is 1. The van der Waals surface area contributed by atoms with Crippen molar-refractivity contribution in [2.75, 3.05) is 17.2 Å². The van der Waals surface area contributed by atoms with E-state index < -0.39 is 25.8 Å². The summed E-state index contributed by atoms with van der Waals surface area (Å²) in [6, 6.07) is 8.24. The Balaban J connectivity index is 1.66. The second-order valence-electron chi connectivity index (χ2n) is 7.89. The maximum atomic E-state index is 12.8. The minimum atomic E-state index is -4.00. The Labute approximate surface area is 195 Å². The van der Waals surface area contributed by atoms with Crippen LogP contribution in [0, 0.1) is 5.41 Å². The number of carbonyl (C=O) groups is 2. The summed E-state index contributed by atoms with van der Waals surface area (Å²) in [5.41, 5.74) is 6.26. The first-order valence-electron chi connectivity index (χ1n) is 9.76. The zero-order chi connectivity index (χ0) is 23.7. The Hall–Kier alpha value is -2.47. The Morgan fingerprint density at radius 2 is 1.84 bits per heavy atom. The number of urea groups is 1. The van der Waals surface area contributed by atoms with Gasteiger partial charge in [0.2, 0.25) is 15.7 Å². The van der Waals surface area contributed by atoms with E-state index in [1.165, 1.54) is 54.3 Å². The Bertz CT molecular complexity index is 1140. The molecular weight excluding hydrogens is 474 g/mol. The van der Waals surface area contributed by atoms with Crippen molar-refractivity contribution in [2.45, 2.75) is 37.6 Å². The average molecular weight is 498 g/mol. The fraction of sp³-hybridized carbons (Fsp3) is 0.350. The molecule has 1 aromatic heterocycles. The number of nitrogens with two attached hydrogens (primary N) is 1. The Morgan fingerprint density at radius 3 is 2.41 bits per heavy atom. The van der Waals surface area contributed by atoms with Crippen molar-refractivity contribution in [1.29, 1.82) is 5.41 Å². The van der Waals surface area contributed by atoms with Crippen LogP contribution in [0.2, 0.25) is 4.34 Å². The van der Waals surface area contributed by atoms with Crippen LogP contribution in [-0.2, 0) is 14.6 Å². The zero-order valence-corrected chi connectivity index (χ0v) is 19.9. The zero-order valence-electron chi connectivity index (χ0n) is 17.5. The summed E-state index contributed by atoms with van der Waals surface area (Å²) in [5, 5.41) is 13.5. The smallest absolute Gasteiger partial charge is 0.323 e. The van der Waals surface area contributed by atoms with E-state index in [4.69, 9.17) is 22.7 Å². The van der Waals surface area contributed by atoms with Gasteiger partial charge in [-0.15, -0.1) is 11.3 Å². The number of nitrogens with one attached hydrogen (secondary N) is 3. The number of thiophene rings is 1. The number of halogens is 1. The lowest BCUT2D eigenvalue weighted by atomic mass is 10.2. The van der Waals surface area contributed by atoms with E-state index in [-0.39, 0.29) is 17.5 Å². The second-order valence-corrected chi connectivity index (χ2v) is 12.1. The SMILES string of the molecule is CC(C)(N)S(=O)(=O)C(=N)c1ccc(NC(=O)[C@H]2CCCN2C(=O)Nc2ccc(Cl)s2)cc1. The molecule has 1 saturated heterocycles. The summed E-state index contributed by atoms with van der Waals surface area (Å²) in [7, 11) is -4.00. The Kier molecular flexibility index (Phi) is 6.94. The third-order valence-corrected chi connectivity index (χ3v) is 8.30. The standard InChI is InChI=1S/C20H24ClN5O4S2/c1-20(2,23)32(29,30)17(22)12-5-7-13(8-6-12)24-18(27)14-4-3-11-26(14)19(28)25-16-10-9-15(21)31-16/h5-10,14,22H,3-4,11,23H2,1-2H3,(H,24,27)(H,25,28)/t14-/m1/s1. The molecule has 9 nitrogen and oxygen atoms in total. The van der Waals surface area contributed by atoms with E-state index in [1.54, 1.807) is 12.1 Å². The van der Waals surface area contributed by atoms with Crippen LogP contribution < -0.4 is 16.4 Å². The number of carbonyl (C=O) groups excluding carboxylic acids is 2. The van der Waals surface area contributed by atoms with Crippen molar-refractivity contribution < 1.29 is 18.0 Å². The lowest BCUT2D eigenvalue weighted by molar-refractivity contribution is -0.119. The van der Waals surface area contributed by atoms with Crippen LogP contribution in [0.3, 0.4) is 0 Å². The molecule has 5 N–H and O–H groups in total. The monoisotopic (exact) mass is 497 g/mol. The van der Waals surface area contributed by atoms with Crippen molar-refractivity contribution in [3.63, 3.8) is 0 Å². The molecule has 0 unspecified atom stereocenters. The molecule has 172 valence electrons. The highest BCUT2D eigenvalue weighted by molar-refractivity contribution is 8.07. The van der Waals surface area contributed by atoms with E-state index in [0.29, 0.717) is 34.4 Å². The first kappa shape index (κ1) is 24.2. The maximum absolute atomic E-state index is 12.8. The van der Waals surface area contributed by atoms with E-state index >= 15 is 0 Å². The maximum Gasteiger partial charge on any atom is 0.323 e. The number of nitrogens with zero attached hydrogens (tertiary/aromatic N) is 1. The molecule has 1 aromatic carbocycles. The van der Waals surface area contributed by atoms with Gasteiger partial charge in [0.25, 0.3) is 0 Å². The number of hydrogen-bond donors (Lipinski definition) is 4. The summed E-state index contributed by atoms with van der Waals surface area (Å²) >= 11 is 7.12. The number of anilines is 2. The molecule has 1 aliphatic heterocycles. The number of likely N-dealkylation sites (tertiary alicyclic amines) is 1. The molecular formula is C20H24ClN5O4S2. The normalized spacial score (nSPS) is 16.6. The highest BCUT2D eigenvalue weighted by atomic mass is 35.5. The first-order chi connectivity index (χ1) is 14.9. The van der Waals surface area contributed by atoms with E-state index in [2.05, 4.69) is 10.6 Å². The van der Waals surface area contributed by atoms with Gasteiger partial charge in [0.05, 0.1) is 9.34 Å². The molecule has 0 radical (unpaired) electrons. The van der Waals surface area contributed by atoms with Crippen molar-refractivity contribution in [1.82, 2.24) is 4.90 Å². The molecule has 1 atom stereocenters. The van der Waals surface area contributed by atoms with Crippen LogP contribution in [-0.4, -0.2) is 47.8 Å². The van der Waals surface area contributed by atoms with Crippen molar-refractivity contribution in [2.24, 2.45) is 5.73 Å². The Morgan fingerprint density at radius 1 is 1.19 bits per heavy atom. The molecule has 0 saturated carbocycles. The average Bonchev–Trinajstić information content (AvgIpc) is 3.36. The van der Waals surface area contributed by atoms with Gasteiger partial charge in [0.1, 0.15) is 10.9 Å². The first-order valence-corrected chi connectivity index (χ1v) is 12.4. The third kappa shape index (κ3) is 5.12. The predicted octanol–water partition coefficient (Wildman–Crippen LogP) is 3.47. The molecule has 32 heavy (non-hydrogen) atoms. The van der Waals surface area contributed by atoms with Crippen molar-refractivity contribution in [3.05, 3.63) is 46.3 Å². The fourth-order valence-electron chi connectivity index (χ4n) is 3.19. The summed E-state index contributed by atoms with van der Waals surface area (Å²) < 4.78 is 25.3. The quantitative estimate of drug-likeness (QED) is 0.369. The minimum Gasteiger partial charge on any atom is -0.324 e. The highest BCUT2D eigenvalue weighted by Crippen LogP contribution is 2.27. The van der Waals surface area contributed by atoms with Crippen LogP contribution in [0.25, 0.3) is 0 Å². The number of hydrogen-bond acceptors (Lipinski definition) is 7. The molecule has 12 heteroatoms. The van der Waals surface area contributed by atoms with Crippen LogP contribution in [0.4, 0.5) is 15.5 Å².